The first-order chi connectivity index (χ1) is 10.3. The minimum Gasteiger partial charge on any atom is -0.393 e. The van der Waals surface area contributed by atoms with Gasteiger partial charge in [-0.25, -0.2) is 0 Å². The topological polar surface area (TPSA) is 20.2 Å². The van der Waals surface area contributed by atoms with Gasteiger partial charge in [0, 0.05) is 0 Å². The second-order valence-corrected chi connectivity index (χ2v) is 10.0. The molecule has 0 radical (unpaired) electrons. The Bertz CT molecular complexity index is 504. The van der Waals surface area contributed by atoms with Crippen LogP contribution in [0.4, 0.5) is 0 Å². The molecule has 0 bridgehead atoms. The van der Waals surface area contributed by atoms with Crippen molar-refractivity contribution in [2.75, 3.05) is 0 Å². The molecule has 0 aromatic rings. The summed E-state index contributed by atoms with van der Waals surface area (Å²) in [5, 5.41) is 10.1. The Labute approximate surface area is 136 Å². The van der Waals surface area contributed by atoms with Gasteiger partial charge in [0.1, 0.15) is 0 Å². The molecule has 4 rings (SSSR count). The maximum atomic E-state index is 10.1. The molecule has 6 atom stereocenters. The van der Waals surface area contributed by atoms with E-state index in [4.69, 9.17) is 0 Å². The Morgan fingerprint density at radius 1 is 0.955 bits per heavy atom. The van der Waals surface area contributed by atoms with E-state index in [1.807, 2.05) is 0 Å². The summed E-state index contributed by atoms with van der Waals surface area (Å²) in [6.45, 7) is 10.2. The van der Waals surface area contributed by atoms with Crippen LogP contribution in [0.25, 0.3) is 0 Å². The van der Waals surface area contributed by atoms with Crippen LogP contribution in [-0.4, -0.2) is 11.2 Å². The molecule has 0 aromatic carbocycles. The van der Waals surface area contributed by atoms with Gasteiger partial charge in [-0.1, -0.05) is 39.3 Å². The largest absolute Gasteiger partial charge is 0.393 e. The summed E-state index contributed by atoms with van der Waals surface area (Å²) < 4.78 is 0. The fourth-order valence-corrected chi connectivity index (χ4v) is 7.14. The molecule has 0 spiro atoms. The first-order valence-corrected chi connectivity index (χ1v) is 9.65. The Morgan fingerprint density at radius 3 is 2.45 bits per heavy atom. The monoisotopic (exact) mass is 302 g/mol. The molecule has 0 aliphatic heterocycles. The number of fused-ring (bicyclic) bond motifs is 5. The lowest BCUT2D eigenvalue weighted by Gasteiger charge is -2.59. The summed E-state index contributed by atoms with van der Waals surface area (Å²) in [6, 6.07) is 0. The van der Waals surface area contributed by atoms with Gasteiger partial charge in [0.15, 0.2) is 0 Å². The fraction of sp³-hybridized carbons (Fsp3) is 0.905. The average molecular weight is 303 g/mol. The molecule has 0 heterocycles. The van der Waals surface area contributed by atoms with E-state index in [0.717, 1.165) is 30.6 Å². The molecular formula is C21H34O. The van der Waals surface area contributed by atoms with Crippen molar-refractivity contribution in [1.82, 2.24) is 0 Å². The van der Waals surface area contributed by atoms with Crippen LogP contribution in [0.15, 0.2) is 11.6 Å². The molecule has 124 valence electrons. The van der Waals surface area contributed by atoms with Crippen LogP contribution in [0.5, 0.6) is 0 Å². The Balaban J connectivity index is 1.69. The molecule has 4 unspecified atom stereocenters. The smallest absolute Gasteiger partial charge is 0.0577 e. The molecule has 0 amide bonds. The molecule has 0 aromatic heterocycles. The quantitative estimate of drug-likeness (QED) is 0.599. The summed E-state index contributed by atoms with van der Waals surface area (Å²) in [4.78, 5) is 0. The van der Waals surface area contributed by atoms with Crippen molar-refractivity contribution in [3.63, 3.8) is 0 Å². The van der Waals surface area contributed by atoms with E-state index in [9.17, 15) is 5.11 Å². The number of aliphatic hydroxyl groups excluding tert-OH is 1. The Kier molecular flexibility index (Phi) is 3.20. The van der Waals surface area contributed by atoms with E-state index in [1.165, 1.54) is 38.5 Å². The van der Waals surface area contributed by atoms with Crippen LogP contribution in [0.2, 0.25) is 0 Å². The zero-order valence-corrected chi connectivity index (χ0v) is 15.0. The number of hydrogen-bond donors (Lipinski definition) is 1. The number of hydrogen-bond acceptors (Lipinski definition) is 1. The van der Waals surface area contributed by atoms with Gasteiger partial charge in [-0.15, -0.1) is 0 Å². The van der Waals surface area contributed by atoms with E-state index < -0.39 is 0 Å². The molecule has 1 nitrogen and oxygen atoms in total. The van der Waals surface area contributed by atoms with E-state index in [0.29, 0.717) is 16.2 Å². The van der Waals surface area contributed by atoms with Crippen molar-refractivity contribution in [2.24, 2.45) is 34.0 Å². The highest BCUT2D eigenvalue weighted by Gasteiger charge is 2.60. The molecular weight excluding hydrogens is 268 g/mol. The van der Waals surface area contributed by atoms with Gasteiger partial charge in [0.2, 0.25) is 0 Å². The predicted molar refractivity (Wildman–Crippen MR) is 91.5 cm³/mol. The van der Waals surface area contributed by atoms with Crippen molar-refractivity contribution in [3.05, 3.63) is 11.6 Å². The maximum Gasteiger partial charge on any atom is 0.0577 e. The zero-order chi connectivity index (χ0) is 15.8. The van der Waals surface area contributed by atoms with Gasteiger partial charge >= 0.3 is 0 Å². The van der Waals surface area contributed by atoms with Crippen molar-refractivity contribution >= 4 is 0 Å². The molecule has 3 fully saturated rings. The van der Waals surface area contributed by atoms with Crippen molar-refractivity contribution in [3.8, 4) is 0 Å². The van der Waals surface area contributed by atoms with Crippen LogP contribution in [0.3, 0.4) is 0 Å². The highest BCUT2D eigenvalue weighted by atomic mass is 16.3. The number of allylic oxidation sites excluding steroid dienone is 1. The summed E-state index contributed by atoms with van der Waals surface area (Å²) in [6.07, 6.45) is 12.7. The Morgan fingerprint density at radius 2 is 1.68 bits per heavy atom. The first-order valence-electron chi connectivity index (χ1n) is 9.65. The lowest BCUT2D eigenvalue weighted by atomic mass is 9.46. The van der Waals surface area contributed by atoms with Crippen molar-refractivity contribution in [1.29, 1.82) is 0 Å². The Hall–Kier alpha value is -0.300. The standard InChI is InChI=1S/C21H34O/c1-19(2)10-8-18-16-6-5-14-13-15(22)7-11-20(14,3)17(16)9-12-21(18,19)4/h5,15-18,22H,6-13H2,1-4H3/t15?,16?,17?,18?,20-,21-/m0/s1. The summed E-state index contributed by atoms with van der Waals surface area (Å²) >= 11 is 0. The van der Waals surface area contributed by atoms with Crippen LogP contribution in [0, 0.1) is 34.0 Å². The molecule has 0 saturated heterocycles. The van der Waals surface area contributed by atoms with Gasteiger partial charge in [-0.3, -0.25) is 0 Å². The van der Waals surface area contributed by atoms with Gasteiger partial charge in [0.25, 0.3) is 0 Å². The zero-order valence-electron chi connectivity index (χ0n) is 15.0. The van der Waals surface area contributed by atoms with E-state index in [-0.39, 0.29) is 6.10 Å². The van der Waals surface area contributed by atoms with E-state index in [1.54, 1.807) is 5.57 Å². The third-order valence-corrected chi connectivity index (χ3v) is 9.09. The minimum absolute atomic E-state index is 0.0739. The highest BCUT2D eigenvalue weighted by Crippen LogP contribution is 2.69. The number of rotatable bonds is 0. The first kappa shape index (κ1) is 15.2. The van der Waals surface area contributed by atoms with Crippen LogP contribution in [0.1, 0.15) is 79.1 Å². The summed E-state index contributed by atoms with van der Waals surface area (Å²) in [5.41, 5.74) is 3.09. The van der Waals surface area contributed by atoms with Crippen LogP contribution in [-0.2, 0) is 0 Å². The highest BCUT2D eigenvalue weighted by molar-refractivity contribution is 5.25. The van der Waals surface area contributed by atoms with E-state index in [2.05, 4.69) is 33.8 Å². The molecule has 4 aliphatic carbocycles. The maximum absolute atomic E-state index is 10.1. The van der Waals surface area contributed by atoms with Crippen LogP contribution >= 0.6 is 0 Å². The molecule has 1 N–H and O–H groups in total. The normalized spacial score (nSPS) is 53.2. The average Bonchev–Trinajstić information content (AvgIpc) is 2.70. The van der Waals surface area contributed by atoms with Gasteiger partial charge in [-0.2, -0.15) is 0 Å². The van der Waals surface area contributed by atoms with E-state index >= 15 is 0 Å². The summed E-state index contributed by atoms with van der Waals surface area (Å²) in [5.74, 6) is 2.72. The number of aliphatic hydroxyl groups is 1. The second-order valence-electron chi connectivity index (χ2n) is 10.0. The van der Waals surface area contributed by atoms with Gasteiger partial charge in [-0.05, 0) is 85.4 Å². The fourth-order valence-electron chi connectivity index (χ4n) is 7.14. The van der Waals surface area contributed by atoms with Gasteiger partial charge < -0.3 is 5.11 Å². The summed E-state index contributed by atoms with van der Waals surface area (Å²) in [7, 11) is 0. The SMILES string of the molecule is CC1(C)CCC2C3CC=C4CC(O)CC[C@]4(C)C3CC[C@@]21C. The van der Waals surface area contributed by atoms with Crippen LogP contribution < -0.4 is 0 Å². The molecule has 3 saturated carbocycles. The third kappa shape index (κ3) is 1.81. The molecule has 22 heavy (non-hydrogen) atoms. The lowest BCUT2D eigenvalue weighted by molar-refractivity contribution is -0.0677. The third-order valence-electron chi connectivity index (χ3n) is 9.09. The van der Waals surface area contributed by atoms with Gasteiger partial charge in [0.05, 0.1) is 6.10 Å². The predicted octanol–water partition coefficient (Wildman–Crippen LogP) is 5.34. The lowest BCUT2D eigenvalue weighted by Crippen LogP contribution is -2.51. The molecule has 1 heteroatoms. The minimum atomic E-state index is -0.0739. The second kappa shape index (κ2) is 4.62. The molecule has 4 aliphatic rings. The van der Waals surface area contributed by atoms with Crippen molar-refractivity contribution < 1.29 is 5.11 Å². The van der Waals surface area contributed by atoms with Crippen molar-refractivity contribution in [2.45, 2.75) is 85.2 Å².